The lowest BCUT2D eigenvalue weighted by atomic mass is 9.93. The van der Waals surface area contributed by atoms with Crippen LogP contribution in [0.1, 0.15) is 49.9 Å². The predicted octanol–water partition coefficient (Wildman–Crippen LogP) is 6.61. The van der Waals surface area contributed by atoms with E-state index in [1.165, 1.54) is 5.56 Å². The molecule has 0 aliphatic heterocycles. The molecule has 0 fully saturated rings. The molecule has 0 saturated carbocycles. The summed E-state index contributed by atoms with van der Waals surface area (Å²) in [7, 11) is 0. The van der Waals surface area contributed by atoms with Crippen LogP contribution in [-0.4, -0.2) is 0 Å². The summed E-state index contributed by atoms with van der Waals surface area (Å²) < 4.78 is 14.9. The minimum absolute atomic E-state index is 0.0470. The number of benzene rings is 2. The summed E-state index contributed by atoms with van der Waals surface area (Å²) in [4.78, 5) is 0. The Morgan fingerprint density at radius 3 is 1.88 bits per heavy atom. The van der Waals surface area contributed by atoms with E-state index < -0.39 is 0 Å². The molecular formula is C23H30FN. The van der Waals surface area contributed by atoms with E-state index in [1.54, 1.807) is 0 Å². The molecule has 2 heteroatoms. The SMILES string of the molecule is C=C(Nc1ccc(C)cc1)c1cc(CC(C)C)c(F)c(CC(C)C)c1. The maximum Gasteiger partial charge on any atom is 0.129 e. The Morgan fingerprint density at radius 1 is 0.960 bits per heavy atom. The summed E-state index contributed by atoms with van der Waals surface area (Å²) >= 11 is 0. The Bertz CT molecular complexity index is 695. The van der Waals surface area contributed by atoms with Crippen molar-refractivity contribution in [1.82, 2.24) is 0 Å². The van der Waals surface area contributed by atoms with Gasteiger partial charge in [0, 0.05) is 11.4 Å². The van der Waals surface area contributed by atoms with Gasteiger partial charge in [0.1, 0.15) is 5.82 Å². The molecule has 2 rings (SSSR count). The van der Waals surface area contributed by atoms with Gasteiger partial charge in [-0.2, -0.15) is 0 Å². The van der Waals surface area contributed by atoms with Gasteiger partial charge in [-0.3, -0.25) is 0 Å². The van der Waals surface area contributed by atoms with Gasteiger partial charge < -0.3 is 5.32 Å². The predicted molar refractivity (Wildman–Crippen MR) is 107 cm³/mol. The van der Waals surface area contributed by atoms with Crippen molar-refractivity contribution in [1.29, 1.82) is 0 Å². The molecule has 0 aliphatic carbocycles. The first-order chi connectivity index (χ1) is 11.8. The average molecular weight is 339 g/mol. The second kappa shape index (κ2) is 8.33. The summed E-state index contributed by atoms with van der Waals surface area (Å²) in [5.74, 6) is 0.777. The fourth-order valence-electron chi connectivity index (χ4n) is 2.98. The van der Waals surface area contributed by atoms with Crippen molar-refractivity contribution in [3.05, 3.63) is 71.0 Å². The molecule has 1 nitrogen and oxygen atoms in total. The maximum atomic E-state index is 14.9. The van der Waals surface area contributed by atoms with Crippen LogP contribution in [0.15, 0.2) is 43.0 Å². The Hall–Kier alpha value is -2.09. The van der Waals surface area contributed by atoms with E-state index in [1.807, 2.05) is 24.3 Å². The van der Waals surface area contributed by atoms with Crippen molar-refractivity contribution in [3.8, 4) is 0 Å². The van der Waals surface area contributed by atoms with Crippen molar-refractivity contribution in [3.63, 3.8) is 0 Å². The molecule has 0 atom stereocenters. The Balaban J connectivity index is 2.34. The first-order valence-corrected chi connectivity index (χ1v) is 9.10. The van der Waals surface area contributed by atoms with Gasteiger partial charge in [-0.25, -0.2) is 4.39 Å². The van der Waals surface area contributed by atoms with Crippen LogP contribution in [0.2, 0.25) is 0 Å². The van der Waals surface area contributed by atoms with Gasteiger partial charge in [0.15, 0.2) is 0 Å². The third-order valence-corrected chi connectivity index (χ3v) is 4.17. The van der Waals surface area contributed by atoms with Gasteiger partial charge in [-0.1, -0.05) is 52.0 Å². The van der Waals surface area contributed by atoms with Crippen LogP contribution in [0.3, 0.4) is 0 Å². The molecule has 25 heavy (non-hydrogen) atoms. The molecule has 2 aromatic rings. The zero-order valence-corrected chi connectivity index (χ0v) is 16.1. The fourth-order valence-corrected chi connectivity index (χ4v) is 2.98. The standard InChI is InChI=1S/C23H30FN/c1-15(2)11-20-13-19(14-21(23(20)24)12-16(3)4)18(6)25-22-9-7-17(5)8-10-22/h7-10,13-16,25H,6,11-12H2,1-5H3. The Labute approximate surface area is 152 Å². The maximum absolute atomic E-state index is 14.9. The Morgan fingerprint density at radius 2 is 1.44 bits per heavy atom. The molecule has 0 aliphatic rings. The second-order valence-electron chi connectivity index (χ2n) is 7.77. The number of nitrogens with one attached hydrogen (secondary N) is 1. The topological polar surface area (TPSA) is 12.0 Å². The number of anilines is 1. The second-order valence-corrected chi connectivity index (χ2v) is 7.77. The zero-order chi connectivity index (χ0) is 18.6. The molecule has 0 unspecified atom stereocenters. The fraction of sp³-hybridized carbons (Fsp3) is 0.391. The van der Waals surface area contributed by atoms with Crippen molar-refractivity contribution in [2.75, 3.05) is 5.32 Å². The minimum atomic E-state index is -0.0470. The largest absolute Gasteiger partial charge is 0.356 e. The summed E-state index contributed by atoms with van der Waals surface area (Å²) in [5, 5.41) is 3.35. The zero-order valence-electron chi connectivity index (χ0n) is 16.1. The van der Waals surface area contributed by atoms with E-state index >= 15 is 0 Å². The summed E-state index contributed by atoms with van der Waals surface area (Å²) in [5.41, 5.74) is 5.56. The van der Waals surface area contributed by atoms with Gasteiger partial charge in [-0.15, -0.1) is 0 Å². The molecule has 1 N–H and O–H groups in total. The van der Waals surface area contributed by atoms with Crippen LogP contribution < -0.4 is 5.32 Å². The number of aryl methyl sites for hydroxylation is 1. The highest BCUT2D eigenvalue weighted by Crippen LogP contribution is 2.26. The van der Waals surface area contributed by atoms with E-state index in [-0.39, 0.29) is 5.82 Å². The molecule has 0 amide bonds. The molecule has 0 bridgehead atoms. The third-order valence-electron chi connectivity index (χ3n) is 4.17. The lowest BCUT2D eigenvalue weighted by molar-refractivity contribution is 0.544. The molecule has 0 spiro atoms. The van der Waals surface area contributed by atoms with E-state index in [2.05, 4.69) is 58.6 Å². The molecule has 134 valence electrons. The van der Waals surface area contributed by atoms with Crippen LogP contribution in [0.4, 0.5) is 10.1 Å². The van der Waals surface area contributed by atoms with Gasteiger partial charge in [0.2, 0.25) is 0 Å². The summed E-state index contributed by atoms with van der Waals surface area (Å²) in [6.07, 6.45) is 1.48. The number of halogens is 1. The molecule has 0 radical (unpaired) electrons. The number of hydrogen-bond acceptors (Lipinski definition) is 1. The molecule has 0 aromatic heterocycles. The van der Waals surface area contributed by atoms with Crippen LogP contribution in [-0.2, 0) is 12.8 Å². The lowest BCUT2D eigenvalue weighted by Crippen LogP contribution is -2.07. The van der Waals surface area contributed by atoms with Crippen molar-refractivity contribution < 1.29 is 4.39 Å². The van der Waals surface area contributed by atoms with Crippen LogP contribution >= 0.6 is 0 Å². The van der Waals surface area contributed by atoms with Gasteiger partial charge in [0.25, 0.3) is 0 Å². The van der Waals surface area contributed by atoms with Crippen LogP contribution in [0.5, 0.6) is 0 Å². The van der Waals surface area contributed by atoms with Gasteiger partial charge in [-0.05, 0) is 72.6 Å². The first kappa shape index (κ1) is 19.2. The van der Waals surface area contributed by atoms with Crippen LogP contribution in [0, 0.1) is 24.6 Å². The van der Waals surface area contributed by atoms with E-state index in [9.17, 15) is 4.39 Å². The monoisotopic (exact) mass is 339 g/mol. The van der Waals surface area contributed by atoms with Gasteiger partial charge >= 0.3 is 0 Å². The van der Waals surface area contributed by atoms with Crippen LogP contribution in [0.25, 0.3) is 5.70 Å². The highest BCUT2D eigenvalue weighted by Gasteiger charge is 2.14. The lowest BCUT2D eigenvalue weighted by Gasteiger charge is -2.17. The first-order valence-electron chi connectivity index (χ1n) is 9.10. The van der Waals surface area contributed by atoms with E-state index in [0.29, 0.717) is 11.8 Å². The number of rotatable bonds is 7. The van der Waals surface area contributed by atoms with E-state index in [0.717, 1.165) is 40.9 Å². The average Bonchev–Trinajstić information content (AvgIpc) is 2.52. The van der Waals surface area contributed by atoms with E-state index in [4.69, 9.17) is 0 Å². The highest BCUT2D eigenvalue weighted by molar-refractivity contribution is 5.76. The quantitative estimate of drug-likeness (QED) is 0.598. The smallest absolute Gasteiger partial charge is 0.129 e. The molecule has 2 aromatic carbocycles. The summed E-state index contributed by atoms with van der Waals surface area (Å²) in [6, 6.07) is 12.1. The van der Waals surface area contributed by atoms with Crippen molar-refractivity contribution >= 4 is 11.4 Å². The summed E-state index contributed by atoms with van der Waals surface area (Å²) in [6.45, 7) is 14.7. The normalized spacial score (nSPS) is 11.2. The van der Waals surface area contributed by atoms with Crippen molar-refractivity contribution in [2.24, 2.45) is 11.8 Å². The highest BCUT2D eigenvalue weighted by atomic mass is 19.1. The Kier molecular flexibility index (Phi) is 6.41. The number of hydrogen-bond donors (Lipinski definition) is 1. The molecular weight excluding hydrogens is 309 g/mol. The third kappa shape index (κ3) is 5.45. The van der Waals surface area contributed by atoms with Gasteiger partial charge in [0.05, 0.1) is 0 Å². The molecule has 0 heterocycles. The molecule has 0 saturated heterocycles. The minimum Gasteiger partial charge on any atom is -0.356 e. The van der Waals surface area contributed by atoms with Crippen molar-refractivity contribution in [2.45, 2.75) is 47.5 Å².